The van der Waals surface area contributed by atoms with Gasteiger partial charge < -0.3 is 5.32 Å². The van der Waals surface area contributed by atoms with Crippen LogP contribution in [0.15, 0.2) is 22.7 Å². The first-order chi connectivity index (χ1) is 7.72. The average Bonchev–Trinajstić information content (AvgIpc) is 2.61. The topological polar surface area (TPSA) is 29.1 Å². The zero-order valence-electron chi connectivity index (χ0n) is 9.05. The van der Waals surface area contributed by atoms with Crippen molar-refractivity contribution in [1.82, 2.24) is 5.32 Å². The SMILES string of the molecule is O=C1NCCC12CCCc1cc(Br)ccc12. The summed E-state index contributed by atoms with van der Waals surface area (Å²) < 4.78 is 1.11. The van der Waals surface area contributed by atoms with Gasteiger partial charge in [0, 0.05) is 11.0 Å². The average molecular weight is 280 g/mol. The summed E-state index contributed by atoms with van der Waals surface area (Å²) in [7, 11) is 0. The summed E-state index contributed by atoms with van der Waals surface area (Å²) in [6.07, 6.45) is 4.19. The maximum absolute atomic E-state index is 12.1. The molecule has 1 saturated heterocycles. The molecule has 1 aliphatic heterocycles. The molecule has 84 valence electrons. The summed E-state index contributed by atoms with van der Waals surface area (Å²) in [6, 6.07) is 6.35. The second kappa shape index (κ2) is 3.59. The number of carbonyl (C=O) groups excluding carboxylic acids is 1. The molecule has 0 saturated carbocycles. The van der Waals surface area contributed by atoms with Crippen molar-refractivity contribution in [2.75, 3.05) is 6.54 Å². The molecule has 3 heteroatoms. The molecule has 0 aromatic heterocycles. The summed E-state index contributed by atoms with van der Waals surface area (Å²) in [4.78, 5) is 12.1. The molecule has 1 atom stereocenters. The molecule has 1 aromatic rings. The van der Waals surface area contributed by atoms with Crippen LogP contribution in [0.3, 0.4) is 0 Å². The van der Waals surface area contributed by atoms with Crippen LogP contribution in [0.2, 0.25) is 0 Å². The van der Waals surface area contributed by atoms with Gasteiger partial charge in [0.15, 0.2) is 0 Å². The van der Waals surface area contributed by atoms with Crippen LogP contribution in [0.1, 0.15) is 30.4 Å². The molecule has 1 aromatic carbocycles. The zero-order valence-corrected chi connectivity index (χ0v) is 10.6. The fraction of sp³-hybridized carbons (Fsp3) is 0.462. The van der Waals surface area contributed by atoms with E-state index in [1.165, 1.54) is 11.1 Å². The van der Waals surface area contributed by atoms with Gasteiger partial charge >= 0.3 is 0 Å². The monoisotopic (exact) mass is 279 g/mol. The number of halogens is 1. The minimum atomic E-state index is -0.214. The summed E-state index contributed by atoms with van der Waals surface area (Å²) in [5.74, 6) is 0.232. The quantitative estimate of drug-likeness (QED) is 0.777. The highest BCUT2D eigenvalue weighted by atomic mass is 79.9. The van der Waals surface area contributed by atoms with Crippen LogP contribution in [-0.2, 0) is 16.6 Å². The molecule has 3 rings (SSSR count). The van der Waals surface area contributed by atoms with E-state index in [0.717, 1.165) is 36.7 Å². The number of rotatable bonds is 0. The minimum absolute atomic E-state index is 0.214. The third-order valence-corrected chi connectivity index (χ3v) is 4.40. The summed E-state index contributed by atoms with van der Waals surface area (Å²) >= 11 is 3.50. The second-order valence-corrected chi connectivity index (χ2v) is 5.66. The lowest BCUT2D eigenvalue weighted by Crippen LogP contribution is -2.38. The van der Waals surface area contributed by atoms with Gasteiger partial charge in [-0.25, -0.2) is 0 Å². The molecule has 16 heavy (non-hydrogen) atoms. The van der Waals surface area contributed by atoms with E-state index >= 15 is 0 Å². The highest BCUT2D eigenvalue weighted by Crippen LogP contribution is 2.42. The zero-order chi connectivity index (χ0) is 11.2. The van der Waals surface area contributed by atoms with Gasteiger partial charge in [-0.15, -0.1) is 0 Å². The van der Waals surface area contributed by atoms with E-state index in [2.05, 4.69) is 39.4 Å². The summed E-state index contributed by atoms with van der Waals surface area (Å²) in [6.45, 7) is 0.828. The summed E-state index contributed by atoms with van der Waals surface area (Å²) in [5, 5.41) is 2.98. The third kappa shape index (κ3) is 1.34. The van der Waals surface area contributed by atoms with Gasteiger partial charge in [0.05, 0.1) is 5.41 Å². The van der Waals surface area contributed by atoms with Crippen LogP contribution in [-0.4, -0.2) is 12.5 Å². The molecular weight excluding hydrogens is 266 g/mol. The van der Waals surface area contributed by atoms with Gasteiger partial charge in [0.1, 0.15) is 0 Å². The molecule has 1 fully saturated rings. The molecule has 1 unspecified atom stereocenters. The van der Waals surface area contributed by atoms with E-state index in [4.69, 9.17) is 0 Å². The maximum Gasteiger partial charge on any atom is 0.230 e. The molecule has 1 heterocycles. The molecule has 0 bridgehead atoms. The maximum atomic E-state index is 12.1. The largest absolute Gasteiger partial charge is 0.355 e. The Kier molecular flexibility index (Phi) is 2.32. The smallest absolute Gasteiger partial charge is 0.230 e. The Hall–Kier alpha value is -0.830. The Balaban J connectivity index is 2.16. The van der Waals surface area contributed by atoms with Crippen molar-refractivity contribution in [2.45, 2.75) is 31.1 Å². The van der Waals surface area contributed by atoms with Gasteiger partial charge in [-0.2, -0.15) is 0 Å². The first kappa shape index (κ1) is 10.3. The number of amides is 1. The predicted octanol–water partition coefficient (Wildman–Crippen LogP) is 2.54. The molecule has 1 amide bonds. The highest BCUT2D eigenvalue weighted by Gasteiger charge is 2.46. The number of nitrogens with one attached hydrogen (secondary N) is 1. The van der Waals surface area contributed by atoms with Crippen LogP contribution >= 0.6 is 15.9 Å². The Labute approximate surface area is 104 Å². The standard InChI is InChI=1S/C13H14BrNO/c14-10-3-4-11-9(8-10)2-1-5-13(11)6-7-15-12(13)16/h3-4,8H,1-2,5-7H2,(H,15,16). The lowest BCUT2D eigenvalue weighted by atomic mass is 9.69. The normalized spacial score (nSPS) is 27.9. The number of hydrogen-bond donors (Lipinski definition) is 1. The molecule has 1 N–H and O–H groups in total. The first-order valence-electron chi connectivity index (χ1n) is 5.80. The Morgan fingerprint density at radius 1 is 1.31 bits per heavy atom. The van der Waals surface area contributed by atoms with Crippen LogP contribution < -0.4 is 5.32 Å². The second-order valence-electron chi connectivity index (χ2n) is 4.74. The van der Waals surface area contributed by atoms with E-state index in [1.54, 1.807) is 0 Å². The number of benzene rings is 1. The van der Waals surface area contributed by atoms with Crippen molar-refractivity contribution in [3.8, 4) is 0 Å². The van der Waals surface area contributed by atoms with E-state index in [1.807, 2.05) is 0 Å². The lowest BCUT2D eigenvalue weighted by molar-refractivity contribution is -0.124. The molecule has 1 aliphatic carbocycles. The number of carbonyl (C=O) groups is 1. The van der Waals surface area contributed by atoms with Crippen molar-refractivity contribution < 1.29 is 4.79 Å². The molecule has 1 spiro atoms. The van der Waals surface area contributed by atoms with Crippen molar-refractivity contribution in [1.29, 1.82) is 0 Å². The van der Waals surface area contributed by atoms with E-state index in [-0.39, 0.29) is 11.3 Å². The minimum Gasteiger partial charge on any atom is -0.355 e. The van der Waals surface area contributed by atoms with Crippen molar-refractivity contribution in [3.05, 3.63) is 33.8 Å². The highest BCUT2D eigenvalue weighted by molar-refractivity contribution is 9.10. The van der Waals surface area contributed by atoms with E-state index in [0.29, 0.717) is 0 Å². The van der Waals surface area contributed by atoms with Crippen molar-refractivity contribution >= 4 is 21.8 Å². The van der Waals surface area contributed by atoms with Gasteiger partial charge in [0.25, 0.3) is 0 Å². The first-order valence-corrected chi connectivity index (χ1v) is 6.59. The number of fused-ring (bicyclic) bond motifs is 2. The predicted molar refractivity (Wildman–Crippen MR) is 66.4 cm³/mol. The fourth-order valence-corrected chi connectivity index (χ4v) is 3.53. The van der Waals surface area contributed by atoms with Crippen molar-refractivity contribution in [3.63, 3.8) is 0 Å². The Morgan fingerprint density at radius 2 is 2.19 bits per heavy atom. The Morgan fingerprint density at radius 3 is 2.94 bits per heavy atom. The molecule has 2 aliphatic rings. The fourth-order valence-electron chi connectivity index (χ4n) is 3.12. The number of hydrogen-bond acceptors (Lipinski definition) is 1. The third-order valence-electron chi connectivity index (χ3n) is 3.90. The van der Waals surface area contributed by atoms with Gasteiger partial charge in [-0.1, -0.05) is 22.0 Å². The molecule has 2 nitrogen and oxygen atoms in total. The van der Waals surface area contributed by atoms with E-state index < -0.39 is 0 Å². The van der Waals surface area contributed by atoms with E-state index in [9.17, 15) is 4.79 Å². The Bertz CT molecular complexity index is 457. The van der Waals surface area contributed by atoms with Gasteiger partial charge in [-0.05, 0) is 48.9 Å². The van der Waals surface area contributed by atoms with Crippen molar-refractivity contribution in [2.24, 2.45) is 0 Å². The number of aryl methyl sites for hydroxylation is 1. The summed E-state index contributed by atoms with van der Waals surface area (Å²) in [5.41, 5.74) is 2.39. The van der Waals surface area contributed by atoms with Crippen LogP contribution in [0.25, 0.3) is 0 Å². The van der Waals surface area contributed by atoms with Crippen LogP contribution in [0.4, 0.5) is 0 Å². The molecular formula is C13H14BrNO. The van der Waals surface area contributed by atoms with Gasteiger partial charge in [0.2, 0.25) is 5.91 Å². The lowest BCUT2D eigenvalue weighted by Gasteiger charge is -2.33. The molecule has 0 radical (unpaired) electrons. The van der Waals surface area contributed by atoms with Crippen LogP contribution in [0, 0.1) is 0 Å². The van der Waals surface area contributed by atoms with Gasteiger partial charge in [-0.3, -0.25) is 4.79 Å². The van der Waals surface area contributed by atoms with Crippen LogP contribution in [0.5, 0.6) is 0 Å².